The Morgan fingerprint density at radius 3 is 2.38 bits per heavy atom. The molecule has 0 spiro atoms. The summed E-state index contributed by atoms with van der Waals surface area (Å²) in [6, 6.07) is 5.14. The van der Waals surface area contributed by atoms with Gasteiger partial charge >= 0.3 is 7.60 Å². The number of hydrogen-bond donors (Lipinski definition) is 0. The normalized spacial score (nSPS) is 11.5. The van der Waals surface area contributed by atoms with Gasteiger partial charge in [-0.15, -0.1) is 0 Å². The van der Waals surface area contributed by atoms with Crippen LogP contribution in [0, 0.1) is 0 Å². The molecule has 0 N–H and O–H groups in total. The minimum atomic E-state index is -3.22. The molecule has 90 valence electrons. The van der Waals surface area contributed by atoms with Gasteiger partial charge in [0, 0.05) is 18.7 Å². The molecule has 1 aromatic carbocycles. The van der Waals surface area contributed by atoms with Crippen molar-refractivity contribution in [2.45, 2.75) is 6.92 Å². The molecule has 0 amide bonds. The maximum absolute atomic E-state index is 12.1. The molecule has 0 aliphatic rings. The summed E-state index contributed by atoms with van der Waals surface area (Å²) in [6.07, 6.45) is 0. The van der Waals surface area contributed by atoms with Gasteiger partial charge < -0.3 is 13.8 Å². The third-order valence-electron chi connectivity index (χ3n) is 1.96. The summed E-state index contributed by atoms with van der Waals surface area (Å²) in [4.78, 5) is 0. The molecule has 16 heavy (non-hydrogen) atoms. The zero-order valence-electron chi connectivity index (χ0n) is 9.40. The highest BCUT2D eigenvalue weighted by atomic mass is 79.9. The van der Waals surface area contributed by atoms with Gasteiger partial charge in [-0.1, -0.05) is 15.9 Å². The molecule has 1 rings (SSSR count). The van der Waals surface area contributed by atoms with E-state index in [4.69, 9.17) is 13.8 Å². The Bertz CT molecular complexity index is 400. The Balaban J connectivity index is 3.18. The highest BCUT2D eigenvalue weighted by Gasteiger charge is 2.25. The highest BCUT2D eigenvalue weighted by Crippen LogP contribution is 2.46. The van der Waals surface area contributed by atoms with Gasteiger partial charge in [0.1, 0.15) is 5.75 Å². The summed E-state index contributed by atoms with van der Waals surface area (Å²) in [7, 11) is -0.516. The van der Waals surface area contributed by atoms with Crippen molar-refractivity contribution < 1.29 is 18.3 Å². The second-order valence-corrected chi connectivity index (χ2v) is 6.10. The van der Waals surface area contributed by atoms with Gasteiger partial charge in [-0.05, 0) is 25.1 Å². The summed E-state index contributed by atoms with van der Waals surface area (Å²) in [5.74, 6) is 0.626. The monoisotopic (exact) mass is 308 g/mol. The van der Waals surface area contributed by atoms with E-state index >= 15 is 0 Å². The van der Waals surface area contributed by atoms with Crippen LogP contribution in [0.2, 0.25) is 0 Å². The summed E-state index contributed by atoms with van der Waals surface area (Å²) < 4.78 is 28.1. The molecular formula is C10H14BrO4P. The molecule has 0 radical (unpaired) electrons. The van der Waals surface area contributed by atoms with E-state index < -0.39 is 7.60 Å². The van der Waals surface area contributed by atoms with Gasteiger partial charge in [-0.25, -0.2) is 0 Å². The predicted molar refractivity (Wildman–Crippen MR) is 66.6 cm³/mol. The van der Waals surface area contributed by atoms with Crippen molar-refractivity contribution in [3.8, 4) is 5.75 Å². The lowest BCUT2D eigenvalue weighted by molar-refractivity contribution is 0.287. The summed E-state index contributed by atoms with van der Waals surface area (Å²) in [6.45, 7) is 2.42. The van der Waals surface area contributed by atoms with Crippen LogP contribution in [0.3, 0.4) is 0 Å². The van der Waals surface area contributed by atoms with Crippen LogP contribution in [-0.4, -0.2) is 20.8 Å². The number of rotatable bonds is 5. The average Bonchev–Trinajstić information content (AvgIpc) is 2.27. The molecule has 0 aromatic heterocycles. The molecular weight excluding hydrogens is 295 g/mol. The van der Waals surface area contributed by atoms with Crippen LogP contribution in [0.15, 0.2) is 22.7 Å². The lowest BCUT2D eigenvalue weighted by atomic mass is 10.3. The Hall–Kier alpha value is -0.350. The van der Waals surface area contributed by atoms with Crippen molar-refractivity contribution in [3.05, 3.63) is 22.7 Å². The Morgan fingerprint density at radius 2 is 1.88 bits per heavy atom. The first kappa shape index (κ1) is 13.7. The van der Waals surface area contributed by atoms with Gasteiger partial charge in [-0.3, -0.25) is 4.57 Å². The van der Waals surface area contributed by atoms with Crippen LogP contribution >= 0.6 is 23.5 Å². The summed E-state index contributed by atoms with van der Waals surface area (Å²) in [5, 5.41) is 0.468. The number of hydrogen-bond acceptors (Lipinski definition) is 4. The molecule has 0 aliphatic heterocycles. The van der Waals surface area contributed by atoms with E-state index in [1.807, 2.05) is 6.92 Å². The lowest BCUT2D eigenvalue weighted by Gasteiger charge is -2.15. The maximum Gasteiger partial charge on any atom is 0.360 e. The molecule has 0 bridgehead atoms. The van der Waals surface area contributed by atoms with Crippen LogP contribution in [0.25, 0.3) is 0 Å². The van der Waals surface area contributed by atoms with Gasteiger partial charge in [0.05, 0.1) is 11.9 Å². The zero-order valence-corrected chi connectivity index (χ0v) is 11.9. The van der Waals surface area contributed by atoms with Crippen molar-refractivity contribution in [1.82, 2.24) is 0 Å². The first-order chi connectivity index (χ1) is 7.55. The zero-order chi connectivity index (χ0) is 12.2. The van der Waals surface area contributed by atoms with Crippen LogP contribution in [-0.2, 0) is 13.6 Å². The maximum atomic E-state index is 12.1. The standard InChI is InChI=1S/C10H14BrO4P/c1-4-15-9-5-8(11)6-10(7-9)16(12,13-2)14-3/h5-7H,4H2,1-3H3. The van der Waals surface area contributed by atoms with E-state index in [0.717, 1.165) is 4.47 Å². The minimum Gasteiger partial charge on any atom is -0.494 e. The Labute approximate surface area is 104 Å². The molecule has 1 aromatic rings. The number of ether oxygens (including phenoxy) is 1. The van der Waals surface area contributed by atoms with Gasteiger partial charge in [-0.2, -0.15) is 0 Å². The van der Waals surface area contributed by atoms with Crippen molar-refractivity contribution in [1.29, 1.82) is 0 Å². The van der Waals surface area contributed by atoms with Crippen molar-refractivity contribution in [2.75, 3.05) is 20.8 Å². The van der Waals surface area contributed by atoms with Crippen molar-refractivity contribution in [3.63, 3.8) is 0 Å². The fourth-order valence-corrected chi connectivity index (χ4v) is 3.04. The second kappa shape index (κ2) is 5.82. The molecule has 6 heteroatoms. The van der Waals surface area contributed by atoms with Crippen LogP contribution < -0.4 is 10.0 Å². The summed E-state index contributed by atoms with van der Waals surface area (Å²) >= 11 is 3.32. The second-order valence-electron chi connectivity index (χ2n) is 2.94. The molecule has 0 saturated carbocycles. The van der Waals surface area contributed by atoms with E-state index in [9.17, 15) is 4.57 Å². The number of halogens is 1. The molecule has 0 saturated heterocycles. The molecule has 0 aliphatic carbocycles. The van der Waals surface area contributed by atoms with Gasteiger partial charge in [0.15, 0.2) is 0 Å². The third kappa shape index (κ3) is 3.08. The summed E-state index contributed by atoms with van der Waals surface area (Å²) in [5.41, 5.74) is 0. The van der Waals surface area contributed by atoms with Gasteiger partial charge in [0.25, 0.3) is 0 Å². The van der Waals surface area contributed by atoms with Crippen LogP contribution in [0.4, 0.5) is 0 Å². The molecule has 0 atom stereocenters. The highest BCUT2D eigenvalue weighted by molar-refractivity contribution is 9.10. The Kier molecular flexibility index (Phi) is 4.99. The first-order valence-corrected chi connectivity index (χ1v) is 7.04. The van der Waals surface area contributed by atoms with E-state index in [-0.39, 0.29) is 0 Å². The minimum absolute atomic E-state index is 0.468. The lowest BCUT2D eigenvalue weighted by Crippen LogP contribution is -2.08. The van der Waals surface area contributed by atoms with E-state index in [1.165, 1.54) is 14.2 Å². The van der Waals surface area contributed by atoms with E-state index in [1.54, 1.807) is 18.2 Å². The van der Waals surface area contributed by atoms with Crippen LogP contribution in [0.1, 0.15) is 6.92 Å². The fourth-order valence-electron chi connectivity index (χ4n) is 1.24. The molecule has 4 nitrogen and oxygen atoms in total. The molecule has 0 unspecified atom stereocenters. The third-order valence-corrected chi connectivity index (χ3v) is 4.27. The van der Waals surface area contributed by atoms with E-state index in [0.29, 0.717) is 17.7 Å². The topological polar surface area (TPSA) is 44.8 Å². The van der Waals surface area contributed by atoms with Crippen LogP contribution in [0.5, 0.6) is 5.75 Å². The van der Waals surface area contributed by atoms with Crippen molar-refractivity contribution in [2.24, 2.45) is 0 Å². The van der Waals surface area contributed by atoms with Gasteiger partial charge in [0.2, 0.25) is 0 Å². The fraction of sp³-hybridized carbons (Fsp3) is 0.400. The largest absolute Gasteiger partial charge is 0.494 e. The SMILES string of the molecule is CCOc1cc(Br)cc(P(=O)(OC)OC)c1. The smallest absolute Gasteiger partial charge is 0.360 e. The molecule has 0 fully saturated rings. The van der Waals surface area contributed by atoms with Crippen molar-refractivity contribution >= 4 is 28.8 Å². The molecule has 0 heterocycles. The average molecular weight is 309 g/mol. The quantitative estimate of drug-likeness (QED) is 0.785. The number of benzene rings is 1. The first-order valence-electron chi connectivity index (χ1n) is 4.71. The Morgan fingerprint density at radius 1 is 1.25 bits per heavy atom. The van der Waals surface area contributed by atoms with E-state index in [2.05, 4.69) is 15.9 Å². The predicted octanol–water partition coefficient (Wildman–Crippen LogP) is 2.96.